The first-order valence-corrected chi connectivity index (χ1v) is 5.43. The Kier molecular flexibility index (Phi) is 3.31. The van der Waals surface area contributed by atoms with E-state index < -0.39 is 0 Å². The van der Waals surface area contributed by atoms with Gasteiger partial charge in [-0.2, -0.15) is 0 Å². The molecule has 0 aliphatic rings. The number of aromatic nitrogens is 3. The number of aryl methyl sites for hydroxylation is 1. The maximum atomic E-state index is 5.75. The van der Waals surface area contributed by atoms with Gasteiger partial charge < -0.3 is 10.3 Å². The van der Waals surface area contributed by atoms with E-state index in [0.717, 1.165) is 24.2 Å². The van der Waals surface area contributed by atoms with E-state index >= 15 is 0 Å². The van der Waals surface area contributed by atoms with E-state index in [2.05, 4.69) is 14.5 Å². The van der Waals surface area contributed by atoms with E-state index in [9.17, 15) is 0 Å². The van der Waals surface area contributed by atoms with Crippen LogP contribution >= 0.6 is 0 Å². The minimum atomic E-state index is 0.212. The first-order chi connectivity index (χ1) is 7.77. The Balaban J connectivity index is 2.19. The molecule has 4 heteroatoms. The van der Waals surface area contributed by atoms with Crippen molar-refractivity contribution < 1.29 is 0 Å². The monoisotopic (exact) mass is 216 g/mol. The molecule has 16 heavy (non-hydrogen) atoms. The van der Waals surface area contributed by atoms with Gasteiger partial charge in [-0.25, -0.2) is 4.98 Å². The zero-order valence-corrected chi connectivity index (χ0v) is 9.37. The Morgan fingerprint density at radius 1 is 1.38 bits per heavy atom. The topological polar surface area (TPSA) is 56.7 Å². The van der Waals surface area contributed by atoms with Crippen molar-refractivity contribution in [3.05, 3.63) is 37.1 Å². The number of rotatable bonds is 4. The summed E-state index contributed by atoms with van der Waals surface area (Å²) in [6.45, 7) is 2.91. The van der Waals surface area contributed by atoms with Crippen molar-refractivity contribution in [1.82, 2.24) is 14.5 Å². The largest absolute Gasteiger partial charge is 0.331 e. The third-order valence-electron chi connectivity index (χ3n) is 2.49. The lowest BCUT2D eigenvalue weighted by molar-refractivity contribution is 0.573. The first kappa shape index (κ1) is 10.8. The van der Waals surface area contributed by atoms with Crippen LogP contribution in [0.1, 0.15) is 13.3 Å². The predicted molar refractivity (Wildman–Crippen MR) is 63.7 cm³/mol. The second-order valence-corrected chi connectivity index (χ2v) is 3.98. The average Bonchev–Trinajstić information content (AvgIpc) is 2.75. The molecular formula is C12H16N4. The van der Waals surface area contributed by atoms with Crippen LogP contribution in [0.4, 0.5) is 0 Å². The van der Waals surface area contributed by atoms with Crippen LogP contribution < -0.4 is 5.73 Å². The lowest BCUT2D eigenvalue weighted by Gasteiger charge is -2.09. The predicted octanol–water partition coefficient (Wildman–Crippen LogP) is 1.68. The van der Waals surface area contributed by atoms with Crippen molar-refractivity contribution in [3.63, 3.8) is 0 Å². The highest BCUT2D eigenvalue weighted by atomic mass is 15.0. The molecule has 0 spiro atoms. The highest BCUT2D eigenvalue weighted by molar-refractivity contribution is 5.57. The Morgan fingerprint density at radius 3 is 2.94 bits per heavy atom. The molecule has 0 bridgehead atoms. The quantitative estimate of drug-likeness (QED) is 0.846. The van der Waals surface area contributed by atoms with Gasteiger partial charge in [-0.1, -0.05) is 0 Å². The molecule has 0 saturated carbocycles. The molecule has 0 aliphatic carbocycles. The third kappa shape index (κ3) is 2.46. The molecule has 1 atom stereocenters. The van der Waals surface area contributed by atoms with Crippen LogP contribution in [-0.2, 0) is 6.54 Å². The van der Waals surface area contributed by atoms with E-state index in [1.807, 2.05) is 37.8 Å². The van der Waals surface area contributed by atoms with Gasteiger partial charge in [0.25, 0.3) is 0 Å². The fourth-order valence-corrected chi connectivity index (χ4v) is 1.60. The molecule has 0 fully saturated rings. The van der Waals surface area contributed by atoms with Crippen LogP contribution in [-0.4, -0.2) is 20.6 Å². The standard InChI is InChI=1S/C12H16N4/c1-10(13)4-6-16-9-15-8-12(16)11-3-2-5-14-7-11/h2-3,5,7-10H,4,6,13H2,1H3. The maximum absolute atomic E-state index is 5.75. The van der Waals surface area contributed by atoms with Crippen LogP contribution in [0.15, 0.2) is 37.1 Å². The van der Waals surface area contributed by atoms with E-state index in [0.29, 0.717) is 0 Å². The second kappa shape index (κ2) is 4.90. The molecule has 4 nitrogen and oxygen atoms in total. The van der Waals surface area contributed by atoms with Gasteiger partial charge in [0.15, 0.2) is 0 Å². The molecule has 2 heterocycles. The Hall–Kier alpha value is -1.68. The molecule has 0 saturated heterocycles. The van der Waals surface area contributed by atoms with E-state index in [1.54, 1.807) is 6.20 Å². The third-order valence-corrected chi connectivity index (χ3v) is 2.49. The minimum Gasteiger partial charge on any atom is -0.331 e. The molecule has 0 radical (unpaired) electrons. The average molecular weight is 216 g/mol. The smallest absolute Gasteiger partial charge is 0.0950 e. The van der Waals surface area contributed by atoms with E-state index in [4.69, 9.17) is 5.73 Å². The zero-order chi connectivity index (χ0) is 11.4. The van der Waals surface area contributed by atoms with Crippen molar-refractivity contribution >= 4 is 0 Å². The highest BCUT2D eigenvalue weighted by Gasteiger charge is 2.05. The number of hydrogen-bond donors (Lipinski definition) is 1. The summed E-state index contributed by atoms with van der Waals surface area (Å²) in [6, 6.07) is 4.18. The van der Waals surface area contributed by atoms with Crippen LogP contribution in [0.5, 0.6) is 0 Å². The van der Waals surface area contributed by atoms with Gasteiger partial charge in [0.2, 0.25) is 0 Å². The fraction of sp³-hybridized carbons (Fsp3) is 0.333. The van der Waals surface area contributed by atoms with Crippen LogP contribution in [0.2, 0.25) is 0 Å². The Labute approximate surface area is 95.1 Å². The molecule has 0 aliphatic heterocycles. The lowest BCUT2D eigenvalue weighted by atomic mass is 10.2. The summed E-state index contributed by atoms with van der Waals surface area (Å²) in [5.74, 6) is 0. The fourth-order valence-electron chi connectivity index (χ4n) is 1.60. The van der Waals surface area contributed by atoms with Crippen molar-refractivity contribution in [2.75, 3.05) is 0 Å². The van der Waals surface area contributed by atoms with Gasteiger partial charge in [-0.3, -0.25) is 4.98 Å². The van der Waals surface area contributed by atoms with Gasteiger partial charge >= 0.3 is 0 Å². The molecule has 0 amide bonds. The van der Waals surface area contributed by atoms with Gasteiger partial charge in [-0.15, -0.1) is 0 Å². The summed E-state index contributed by atoms with van der Waals surface area (Å²) in [7, 11) is 0. The number of hydrogen-bond acceptors (Lipinski definition) is 3. The number of nitrogens with zero attached hydrogens (tertiary/aromatic N) is 3. The summed E-state index contributed by atoms with van der Waals surface area (Å²) in [5, 5.41) is 0. The maximum Gasteiger partial charge on any atom is 0.0950 e. The molecule has 2 aromatic heterocycles. The van der Waals surface area contributed by atoms with Crippen molar-refractivity contribution in [2.45, 2.75) is 25.9 Å². The zero-order valence-electron chi connectivity index (χ0n) is 9.37. The lowest BCUT2D eigenvalue weighted by Crippen LogP contribution is -2.17. The summed E-state index contributed by atoms with van der Waals surface area (Å²) in [6.07, 6.45) is 8.26. The molecule has 2 aromatic rings. The molecule has 84 valence electrons. The molecule has 0 aromatic carbocycles. The molecular weight excluding hydrogens is 200 g/mol. The van der Waals surface area contributed by atoms with E-state index in [-0.39, 0.29) is 6.04 Å². The Morgan fingerprint density at radius 2 is 2.25 bits per heavy atom. The summed E-state index contributed by atoms with van der Waals surface area (Å²) in [4.78, 5) is 8.28. The number of nitrogens with two attached hydrogens (primary N) is 1. The van der Waals surface area contributed by atoms with Crippen molar-refractivity contribution in [3.8, 4) is 11.3 Å². The summed E-state index contributed by atoms with van der Waals surface area (Å²) in [5.41, 5.74) is 7.93. The second-order valence-electron chi connectivity index (χ2n) is 3.98. The SMILES string of the molecule is CC(N)CCn1cncc1-c1cccnc1. The van der Waals surface area contributed by atoms with Crippen LogP contribution in [0, 0.1) is 0 Å². The summed E-state index contributed by atoms with van der Waals surface area (Å²) < 4.78 is 2.11. The van der Waals surface area contributed by atoms with Gasteiger partial charge in [0.05, 0.1) is 18.2 Å². The van der Waals surface area contributed by atoms with E-state index in [1.165, 1.54) is 0 Å². The van der Waals surface area contributed by atoms with Gasteiger partial charge in [0, 0.05) is 30.5 Å². The van der Waals surface area contributed by atoms with Crippen molar-refractivity contribution in [2.24, 2.45) is 5.73 Å². The molecule has 2 rings (SSSR count). The first-order valence-electron chi connectivity index (χ1n) is 5.43. The number of imidazole rings is 1. The van der Waals surface area contributed by atoms with Gasteiger partial charge in [-0.05, 0) is 25.5 Å². The Bertz CT molecular complexity index is 433. The number of pyridine rings is 1. The highest BCUT2D eigenvalue weighted by Crippen LogP contribution is 2.17. The van der Waals surface area contributed by atoms with Crippen LogP contribution in [0.3, 0.4) is 0 Å². The van der Waals surface area contributed by atoms with Crippen molar-refractivity contribution in [1.29, 1.82) is 0 Å². The summed E-state index contributed by atoms with van der Waals surface area (Å²) >= 11 is 0. The normalized spacial score (nSPS) is 12.6. The molecule has 1 unspecified atom stereocenters. The van der Waals surface area contributed by atoms with Crippen LogP contribution in [0.25, 0.3) is 11.3 Å². The molecule has 2 N–H and O–H groups in total. The minimum absolute atomic E-state index is 0.212. The van der Waals surface area contributed by atoms with Gasteiger partial charge in [0.1, 0.15) is 0 Å².